The van der Waals surface area contributed by atoms with Crippen molar-refractivity contribution in [1.29, 1.82) is 0 Å². The molecule has 3 aromatic heterocycles. The Morgan fingerprint density at radius 1 is 0.419 bits per heavy atom. The topological polar surface area (TPSA) is 56.7 Å². The lowest BCUT2D eigenvalue weighted by molar-refractivity contribution is 0.568. The molecule has 11 aromatic rings. The second-order valence-electron chi connectivity index (χ2n) is 16.0. The van der Waals surface area contributed by atoms with Gasteiger partial charge in [0.25, 0.3) is 0 Å². The number of furan rings is 1. The van der Waals surface area contributed by atoms with Crippen molar-refractivity contribution < 1.29 is 4.42 Å². The van der Waals surface area contributed by atoms with Crippen molar-refractivity contribution >= 4 is 44.9 Å². The van der Waals surface area contributed by atoms with Crippen molar-refractivity contribution in [2.24, 2.45) is 0 Å². The van der Waals surface area contributed by atoms with Gasteiger partial charge in [0, 0.05) is 50.2 Å². The molecule has 0 radical (unpaired) electrons. The third kappa shape index (κ3) is 6.30. The molecule has 0 N–H and O–H groups in total. The summed E-state index contributed by atoms with van der Waals surface area (Å²) in [6.45, 7) is 0. The van der Waals surface area contributed by atoms with Gasteiger partial charge >= 0.3 is 0 Å². The maximum Gasteiger partial charge on any atom is 0.163 e. The van der Waals surface area contributed by atoms with Crippen LogP contribution in [0.1, 0.15) is 18.2 Å². The zero-order valence-corrected chi connectivity index (χ0v) is 33.7. The zero-order valence-electron chi connectivity index (χ0n) is 33.7. The van der Waals surface area contributed by atoms with Crippen molar-refractivity contribution in [1.82, 2.24) is 19.5 Å². The van der Waals surface area contributed by atoms with Gasteiger partial charge < -0.3 is 8.98 Å². The highest BCUT2D eigenvalue weighted by molar-refractivity contribution is 6.13. The van der Waals surface area contributed by atoms with E-state index in [1.807, 2.05) is 12.1 Å². The van der Waals surface area contributed by atoms with E-state index in [1.54, 1.807) is 0 Å². The Kier molecular flexibility index (Phi) is 8.56. The van der Waals surface area contributed by atoms with Crippen molar-refractivity contribution in [2.75, 3.05) is 0 Å². The third-order valence-electron chi connectivity index (χ3n) is 12.1. The molecule has 0 amide bonds. The second-order valence-corrected chi connectivity index (χ2v) is 16.0. The SMILES string of the molecule is C1=c2oc3cc4c(cc3c2=CCC1c1nc(-c2cccc(-c3ccccc3)c2)nc(-c2cccc(-c3ccccc3)c2)n1)c1ccccc1n4-c1cccc(-c2ccccc2)c1. The molecule has 0 aliphatic heterocycles. The molecule has 5 heteroatoms. The lowest BCUT2D eigenvalue weighted by atomic mass is 9.97. The van der Waals surface area contributed by atoms with Gasteiger partial charge in [0.05, 0.1) is 11.0 Å². The molecule has 12 rings (SSSR count). The molecule has 1 aliphatic rings. The number of para-hydroxylation sites is 1. The van der Waals surface area contributed by atoms with E-state index in [4.69, 9.17) is 19.4 Å². The van der Waals surface area contributed by atoms with Crippen LogP contribution in [0, 0.1) is 0 Å². The predicted octanol–water partition coefficient (Wildman–Crippen LogP) is 12.8. The van der Waals surface area contributed by atoms with Gasteiger partial charge in [0.1, 0.15) is 16.8 Å². The van der Waals surface area contributed by atoms with Crippen molar-refractivity contribution in [2.45, 2.75) is 12.3 Å². The molecule has 0 spiro atoms. The summed E-state index contributed by atoms with van der Waals surface area (Å²) in [4.78, 5) is 15.6. The molecule has 1 unspecified atom stereocenters. The van der Waals surface area contributed by atoms with Gasteiger partial charge in [-0.1, -0.05) is 164 Å². The Balaban J connectivity index is 0.992. The van der Waals surface area contributed by atoms with Gasteiger partial charge in [-0.2, -0.15) is 0 Å². The summed E-state index contributed by atoms with van der Waals surface area (Å²) < 4.78 is 9.18. The Morgan fingerprint density at radius 2 is 0.952 bits per heavy atom. The lowest BCUT2D eigenvalue weighted by Crippen LogP contribution is -2.25. The molecule has 0 saturated carbocycles. The number of fused-ring (bicyclic) bond motifs is 6. The monoisotopic (exact) mass is 794 g/mol. The van der Waals surface area contributed by atoms with Gasteiger partial charge in [-0.25, -0.2) is 15.0 Å². The maximum atomic E-state index is 6.82. The number of benzene rings is 8. The fraction of sp³-hybridized carbons (Fsp3) is 0.0351. The van der Waals surface area contributed by atoms with Gasteiger partial charge in [0.2, 0.25) is 0 Å². The maximum absolute atomic E-state index is 6.82. The van der Waals surface area contributed by atoms with E-state index in [1.165, 1.54) is 21.9 Å². The van der Waals surface area contributed by atoms with Crippen molar-refractivity contribution in [3.05, 3.63) is 217 Å². The van der Waals surface area contributed by atoms with Crippen LogP contribution in [0.4, 0.5) is 0 Å². The molecule has 0 saturated heterocycles. The average Bonchev–Trinajstić information content (AvgIpc) is 3.88. The van der Waals surface area contributed by atoms with Crippen LogP contribution in [-0.4, -0.2) is 19.5 Å². The summed E-state index contributed by atoms with van der Waals surface area (Å²) in [5, 5.41) is 4.62. The van der Waals surface area contributed by atoms with Gasteiger partial charge in [-0.3, -0.25) is 0 Å². The summed E-state index contributed by atoms with van der Waals surface area (Å²) in [7, 11) is 0. The van der Waals surface area contributed by atoms with Crippen LogP contribution >= 0.6 is 0 Å². The molecule has 5 nitrogen and oxygen atoms in total. The summed E-state index contributed by atoms with van der Waals surface area (Å²) in [6.07, 6.45) is 5.24. The Labute approximate surface area is 358 Å². The van der Waals surface area contributed by atoms with Crippen LogP contribution < -0.4 is 10.6 Å². The number of aromatic nitrogens is 4. The summed E-state index contributed by atoms with van der Waals surface area (Å²) >= 11 is 0. The van der Waals surface area contributed by atoms with Crippen LogP contribution in [0.3, 0.4) is 0 Å². The third-order valence-corrected chi connectivity index (χ3v) is 12.1. The Bertz CT molecular complexity index is 3510. The zero-order chi connectivity index (χ0) is 41.0. The van der Waals surface area contributed by atoms with E-state index in [-0.39, 0.29) is 5.92 Å². The van der Waals surface area contributed by atoms with Gasteiger partial charge in [-0.15, -0.1) is 0 Å². The Hall–Kier alpha value is -8.15. The molecule has 8 aromatic carbocycles. The quantitative estimate of drug-likeness (QED) is 0.161. The number of hydrogen-bond acceptors (Lipinski definition) is 4. The normalized spacial score (nSPS) is 13.5. The van der Waals surface area contributed by atoms with E-state index in [0.717, 1.165) is 78.1 Å². The van der Waals surface area contributed by atoms with Gasteiger partial charge in [0.15, 0.2) is 11.6 Å². The first-order chi connectivity index (χ1) is 30.7. The second kappa shape index (κ2) is 14.8. The van der Waals surface area contributed by atoms with Crippen LogP contribution in [0.15, 0.2) is 205 Å². The lowest BCUT2D eigenvalue weighted by Gasteiger charge is -2.15. The van der Waals surface area contributed by atoms with Crippen LogP contribution in [0.5, 0.6) is 0 Å². The minimum atomic E-state index is -0.122. The molecule has 0 fully saturated rings. The smallest absolute Gasteiger partial charge is 0.163 e. The minimum absolute atomic E-state index is 0.122. The molecular formula is C57H38N4O. The molecule has 0 bridgehead atoms. The first-order valence-corrected chi connectivity index (χ1v) is 21.1. The summed E-state index contributed by atoms with van der Waals surface area (Å²) in [5.74, 6) is 1.87. The summed E-state index contributed by atoms with van der Waals surface area (Å²) in [5.41, 5.74) is 13.8. The molecule has 1 atom stereocenters. The average molecular weight is 795 g/mol. The van der Waals surface area contributed by atoms with Crippen LogP contribution in [0.2, 0.25) is 0 Å². The highest BCUT2D eigenvalue weighted by Crippen LogP contribution is 2.36. The van der Waals surface area contributed by atoms with E-state index in [2.05, 4.69) is 205 Å². The molecule has 292 valence electrons. The largest absolute Gasteiger partial charge is 0.456 e. The molecule has 1 aliphatic carbocycles. The fourth-order valence-corrected chi connectivity index (χ4v) is 9.09. The van der Waals surface area contributed by atoms with Crippen molar-refractivity contribution in [3.8, 4) is 61.8 Å². The van der Waals surface area contributed by atoms with E-state index in [0.29, 0.717) is 17.5 Å². The van der Waals surface area contributed by atoms with E-state index in [9.17, 15) is 0 Å². The highest BCUT2D eigenvalue weighted by Gasteiger charge is 2.22. The standard InChI is InChI=1S/C57H38N4O/c1-4-15-37(16-5-1)40-21-12-24-43(31-40)55-58-56(44-25-13-22-41(32-44)38-17-6-2-7-18-38)60-57(59-55)45-29-30-48-50-35-49-47-27-10-11-28-51(47)61(52(49)36-54(50)62-53(48)34-45)46-26-14-23-42(33-46)39-19-8-3-9-20-39/h1-28,30-36,45H,29H2. The first-order valence-electron chi connectivity index (χ1n) is 21.1. The molecular weight excluding hydrogens is 757 g/mol. The fourth-order valence-electron chi connectivity index (χ4n) is 9.09. The number of hydrogen-bond donors (Lipinski definition) is 0. The predicted molar refractivity (Wildman–Crippen MR) is 253 cm³/mol. The van der Waals surface area contributed by atoms with Crippen LogP contribution in [-0.2, 0) is 0 Å². The van der Waals surface area contributed by atoms with Crippen LogP contribution in [0.25, 0.3) is 107 Å². The minimum Gasteiger partial charge on any atom is -0.456 e. The van der Waals surface area contributed by atoms with E-state index >= 15 is 0 Å². The molecule has 62 heavy (non-hydrogen) atoms. The van der Waals surface area contributed by atoms with E-state index < -0.39 is 0 Å². The Morgan fingerprint density at radius 3 is 1.58 bits per heavy atom. The number of rotatable bonds is 7. The van der Waals surface area contributed by atoms with Gasteiger partial charge in [-0.05, 0) is 82.3 Å². The first kappa shape index (κ1) is 35.8. The number of nitrogens with zero attached hydrogens (tertiary/aromatic N) is 4. The summed E-state index contributed by atoms with van der Waals surface area (Å²) in [6, 6.07) is 70.3. The van der Waals surface area contributed by atoms with Crippen molar-refractivity contribution in [3.63, 3.8) is 0 Å². The highest BCUT2D eigenvalue weighted by atomic mass is 16.3. The molecule has 3 heterocycles.